The Bertz CT molecular complexity index is 1000. The number of hydrogen-bond donors (Lipinski definition) is 0. The van der Waals surface area contributed by atoms with Crippen molar-refractivity contribution in [1.82, 2.24) is 14.5 Å². The van der Waals surface area contributed by atoms with Gasteiger partial charge in [-0.15, -0.1) is 0 Å². The van der Waals surface area contributed by atoms with Crippen molar-refractivity contribution in [3.63, 3.8) is 0 Å². The number of imidazole rings is 1. The molecule has 0 aliphatic carbocycles. The lowest BCUT2D eigenvalue weighted by Crippen LogP contribution is -2.23. The Hall–Kier alpha value is -2.91. The van der Waals surface area contributed by atoms with E-state index in [9.17, 15) is 5.26 Å². The molecule has 0 bridgehead atoms. The van der Waals surface area contributed by atoms with E-state index in [1.54, 1.807) is 6.07 Å². The summed E-state index contributed by atoms with van der Waals surface area (Å²) in [5, 5.41) is 9.50. The van der Waals surface area contributed by atoms with Crippen LogP contribution < -0.4 is 4.90 Å². The second-order valence-electron chi connectivity index (χ2n) is 7.91. The Morgan fingerprint density at radius 3 is 2.48 bits per heavy atom. The van der Waals surface area contributed by atoms with Crippen molar-refractivity contribution in [3.8, 4) is 17.5 Å². The van der Waals surface area contributed by atoms with Crippen LogP contribution in [-0.4, -0.2) is 39.8 Å². The van der Waals surface area contributed by atoms with Crippen LogP contribution in [0.3, 0.4) is 0 Å². The fraction of sp³-hybridized carbons (Fsp3) is 0.435. The zero-order chi connectivity index (χ0) is 21.0. The first-order valence-electron chi connectivity index (χ1n) is 10.1. The molecule has 0 saturated heterocycles. The number of fused-ring (bicyclic) bond motifs is 1. The summed E-state index contributed by atoms with van der Waals surface area (Å²) >= 11 is 0. The van der Waals surface area contributed by atoms with Crippen LogP contribution in [0, 0.1) is 11.3 Å². The average molecular weight is 392 g/mol. The van der Waals surface area contributed by atoms with Gasteiger partial charge in [0.15, 0.2) is 0 Å². The fourth-order valence-electron chi connectivity index (χ4n) is 3.38. The summed E-state index contributed by atoms with van der Waals surface area (Å²) in [6.07, 6.45) is 1.86. The van der Waals surface area contributed by atoms with E-state index in [1.165, 1.54) is 0 Å². The van der Waals surface area contributed by atoms with Gasteiger partial charge in [-0.2, -0.15) is 5.26 Å². The molecule has 0 atom stereocenters. The number of nitriles is 1. The molecule has 152 valence electrons. The molecule has 0 saturated carbocycles. The molecule has 0 spiro atoms. The average Bonchev–Trinajstić information content (AvgIpc) is 3.07. The summed E-state index contributed by atoms with van der Waals surface area (Å²) in [5.74, 6) is 1.76. The van der Waals surface area contributed by atoms with Gasteiger partial charge in [-0.05, 0) is 58.9 Å². The Morgan fingerprint density at radius 1 is 1.14 bits per heavy atom. The van der Waals surface area contributed by atoms with Crippen molar-refractivity contribution in [2.75, 3.05) is 24.6 Å². The van der Waals surface area contributed by atoms with Crippen molar-refractivity contribution in [1.29, 1.82) is 5.26 Å². The SMILES string of the molecule is CCN(CC)c1ccc(-c2nc3c(C#N)cccc3n2CCOC(C)(C)C)cn1. The second-order valence-corrected chi connectivity index (χ2v) is 7.91. The molecule has 0 fully saturated rings. The van der Waals surface area contributed by atoms with E-state index in [0.29, 0.717) is 24.2 Å². The first kappa shape index (κ1) is 20.8. The molecule has 0 radical (unpaired) electrons. The van der Waals surface area contributed by atoms with Crippen LogP contribution in [0.1, 0.15) is 40.2 Å². The van der Waals surface area contributed by atoms with Gasteiger partial charge in [0.1, 0.15) is 23.2 Å². The van der Waals surface area contributed by atoms with Gasteiger partial charge in [0.2, 0.25) is 0 Å². The summed E-state index contributed by atoms with van der Waals surface area (Å²) in [6.45, 7) is 13.4. The zero-order valence-corrected chi connectivity index (χ0v) is 17.9. The normalized spacial score (nSPS) is 11.6. The molecule has 0 unspecified atom stereocenters. The number of nitrogens with zero attached hydrogens (tertiary/aromatic N) is 5. The highest BCUT2D eigenvalue weighted by Crippen LogP contribution is 2.27. The van der Waals surface area contributed by atoms with Crippen LogP contribution in [0.25, 0.3) is 22.4 Å². The van der Waals surface area contributed by atoms with E-state index < -0.39 is 0 Å². The third kappa shape index (κ3) is 4.57. The van der Waals surface area contributed by atoms with Gasteiger partial charge in [0.25, 0.3) is 0 Å². The van der Waals surface area contributed by atoms with Crippen molar-refractivity contribution < 1.29 is 4.74 Å². The predicted octanol–water partition coefficient (Wildman–Crippen LogP) is 4.63. The van der Waals surface area contributed by atoms with Crippen molar-refractivity contribution in [3.05, 3.63) is 42.1 Å². The number of para-hydroxylation sites is 1. The van der Waals surface area contributed by atoms with Gasteiger partial charge < -0.3 is 14.2 Å². The molecule has 6 nitrogen and oxygen atoms in total. The van der Waals surface area contributed by atoms with Gasteiger partial charge in [0, 0.05) is 31.4 Å². The van der Waals surface area contributed by atoms with Crippen LogP contribution >= 0.6 is 0 Å². The minimum Gasteiger partial charge on any atom is -0.374 e. The fourth-order valence-corrected chi connectivity index (χ4v) is 3.38. The van der Waals surface area contributed by atoms with E-state index in [0.717, 1.165) is 35.8 Å². The molecule has 0 N–H and O–H groups in total. The van der Waals surface area contributed by atoms with Crippen LogP contribution in [-0.2, 0) is 11.3 Å². The van der Waals surface area contributed by atoms with E-state index in [1.807, 2.05) is 45.2 Å². The first-order valence-corrected chi connectivity index (χ1v) is 10.1. The third-order valence-corrected chi connectivity index (χ3v) is 4.84. The van der Waals surface area contributed by atoms with Crippen molar-refractivity contribution in [2.24, 2.45) is 0 Å². The van der Waals surface area contributed by atoms with Crippen LogP contribution in [0.15, 0.2) is 36.5 Å². The molecule has 3 aromatic rings. The minimum absolute atomic E-state index is 0.207. The van der Waals surface area contributed by atoms with E-state index in [4.69, 9.17) is 9.72 Å². The Morgan fingerprint density at radius 2 is 1.90 bits per heavy atom. The molecule has 0 aliphatic rings. The van der Waals surface area contributed by atoms with Gasteiger partial charge in [0.05, 0.1) is 23.3 Å². The maximum atomic E-state index is 9.50. The Kier molecular flexibility index (Phi) is 6.19. The summed E-state index contributed by atoms with van der Waals surface area (Å²) in [7, 11) is 0. The quantitative estimate of drug-likeness (QED) is 0.587. The molecule has 3 rings (SSSR count). The molecule has 0 amide bonds. The van der Waals surface area contributed by atoms with Gasteiger partial charge in [-0.25, -0.2) is 9.97 Å². The van der Waals surface area contributed by atoms with Crippen LogP contribution in [0.5, 0.6) is 0 Å². The monoisotopic (exact) mass is 391 g/mol. The summed E-state index contributed by atoms with van der Waals surface area (Å²) < 4.78 is 8.06. The van der Waals surface area contributed by atoms with E-state index in [2.05, 4.69) is 40.4 Å². The number of benzene rings is 1. The first-order chi connectivity index (χ1) is 13.9. The number of ether oxygens (including phenoxy) is 1. The Balaban J connectivity index is 2.04. The number of aromatic nitrogens is 3. The minimum atomic E-state index is -0.207. The maximum Gasteiger partial charge on any atom is 0.142 e. The molecule has 2 aromatic heterocycles. The summed E-state index contributed by atoms with van der Waals surface area (Å²) in [4.78, 5) is 11.7. The van der Waals surface area contributed by atoms with Gasteiger partial charge in [-0.1, -0.05) is 6.07 Å². The van der Waals surface area contributed by atoms with Crippen molar-refractivity contribution in [2.45, 2.75) is 46.8 Å². The molecular weight excluding hydrogens is 362 g/mol. The van der Waals surface area contributed by atoms with Gasteiger partial charge in [-0.3, -0.25) is 0 Å². The van der Waals surface area contributed by atoms with Crippen LogP contribution in [0.4, 0.5) is 5.82 Å². The number of anilines is 1. The number of pyridine rings is 1. The lowest BCUT2D eigenvalue weighted by atomic mass is 10.2. The highest BCUT2D eigenvalue weighted by Gasteiger charge is 2.17. The molecule has 29 heavy (non-hydrogen) atoms. The molecule has 1 aromatic carbocycles. The molecular formula is C23H29N5O. The molecule has 2 heterocycles. The smallest absolute Gasteiger partial charge is 0.142 e. The van der Waals surface area contributed by atoms with Crippen molar-refractivity contribution >= 4 is 16.9 Å². The summed E-state index contributed by atoms with van der Waals surface area (Å²) in [6, 6.07) is 12.0. The molecule has 6 heteroatoms. The maximum absolute atomic E-state index is 9.50. The summed E-state index contributed by atoms with van der Waals surface area (Å²) in [5.41, 5.74) is 2.95. The topological polar surface area (TPSA) is 67.0 Å². The van der Waals surface area contributed by atoms with Crippen LogP contribution in [0.2, 0.25) is 0 Å². The second kappa shape index (κ2) is 8.62. The zero-order valence-electron chi connectivity index (χ0n) is 17.9. The lowest BCUT2D eigenvalue weighted by Gasteiger charge is -2.21. The van der Waals surface area contributed by atoms with E-state index in [-0.39, 0.29) is 5.60 Å². The predicted molar refractivity (Wildman–Crippen MR) is 117 cm³/mol. The largest absolute Gasteiger partial charge is 0.374 e. The highest BCUT2D eigenvalue weighted by molar-refractivity contribution is 5.85. The lowest BCUT2D eigenvalue weighted by molar-refractivity contribution is -0.00636. The molecule has 0 aliphatic heterocycles. The van der Waals surface area contributed by atoms with E-state index >= 15 is 0 Å². The standard InChI is InChI=1S/C23H29N5O/c1-6-27(7-2)20-12-11-18(16-25-20)22-26-21-17(15-24)9-8-10-19(21)28(22)13-14-29-23(3,4)5/h8-12,16H,6-7,13-14H2,1-5H3. The number of rotatable bonds is 7. The third-order valence-electron chi connectivity index (χ3n) is 4.84. The Labute approximate surface area is 172 Å². The number of hydrogen-bond acceptors (Lipinski definition) is 5. The highest BCUT2D eigenvalue weighted by atomic mass is 16.5. The van der Waals surface area contributed by atoms with Gasteiger partial charge >= 0.3 is 0 Å².